The zero-order valence-corrected chi connectivity index (χ0v) is 7.86. The van der Waals surface area contributed by atoms with E-state index in [1.165, 1.54) is 6.07 Å². The molecule has 0 aliphatic rings. The lowest BCUT2D eigenvalue weighted by molar-refractivity contribution is -0.111. The minimum Gasteiger partial charge on any atom is -0.312 e. The summed E-state index contributed by atoms with van der Waals surface area (Å²) in [7, 11) is 0. The van der Waals surface area contributed by atoms with E-state index in [1.807, 2.05) is 0 Å². The maximum absolute atomic E-state index is 10.7. The fourth-order valence-corrected chi connectivity index (χ4v) is 1.10. The molecule has 0 unspecified atom stereocenters. The Labute approximate surface area is 84.9 Å². The molecule has 0 bridgehead atoms. The van der Waals surface area contributed by atoms with Gasteiger partial charge in [0.15, 0.2) is 6.07 Å². The summed E-state index contributed by atoms with van der Waals surface area (Å²) in [6.07, 6.45) is 0. The third-order valence-corrected chi connectivity index (χ3v) is 2.12. The lowest BCUT2D eigenvalue weighted by Crippen LogP contribution is -2.08. The molecule has 0 saturated carbocycles. The molecule has 1 amide bonds. The molecule has 0 fully saturated rings. The van der Waals surface area contributed by atoms with E-state index < -0.39 is 5.91 Å². The number of carbonyl (C=O) groups excluding carboxylic acids is 1. The van der Waals surface area contributed by atoms with Gasteiger partial charge in [-0.3, -0.25) is 4.79 Å². The maximum Gasteiger partial charge on any atom is 0.326 e. The zero-order chi connectivity index (χ0) is 9.84. The van der Waals surface area contributed by atoms with Gasteiger partial charge in [0.1, 0.15) is 0 Å². The Morgan fingerprint density at radius 3 is 2.77 bits per heavy atom. The van der Waals surface area contributed by atoms with Crippen molar-refractivity contribution < 1.29 is 4.79 Å². The van der Waals surface area contributed by atoms with Crippen LogP contribution in [0.2, 0.25) is 10.0 Å². The van der Waals surface area contributed by atoms with Crippen molar-refractivity contribution in [1.29, 1.82) is 5.26 Å². The minimum absolute atomic E-state index is 0.229. The van der Waals surface area contributed by atoms with Gasteiger partial charge in [-0.05, 0) is 12.1 Å². The van der Waals surface area contributed by atoms with Crippen LogP contribution in [0.1, 0.15) is 0 Å². The molecule has 13 heavy (non-hydrogen) atoms. The van der Waals surface area contributed by atoms with Crippen LogP contribution in [-0.4, -0.2) is 5.91 Å². The van der Waals surface area contributed by atoms with Gasteiger partial charge >= 0.3 is 5.91 Å². The van der Waals surface area contributed by atoms with Crippen molar-refractivity contribution in [2.45, 2.75) is 0 Å². The average Bonchev–Trinajstić information content (AvgIpc) is 2.13. The second kappa shape index (κ2) is 4.13. The van der Waals surface area contributed by atoms with Gasteiger partial charge < -0.3 is 5.32 Å². The quantitative estimate of drug-likeness (QED) is 0.731. The van der Waals surface area contributed by atoms with Gasteiger partial charge in [-0.15, -0.1) is 0 Å². The summed E-state index contributed by atoms with van der Waals surface area (Å²) in [5.74, 6) is -0.774. The Hall–Kier alpha value is -1.24. The van der Waals surface area contributed by atoms with Crippen LogP contribution < -0.4 is 5.32 Å². The molecule has 3 nitrogen and oxygen atoms in total. The molecule has 0 aliphatic carbocycles. The monoisotopic (exact) mass is 214 g/mol. The molecule has 0 spiro atoms. The van der Waals surface area contributed by atoms with Gasteiger partial charge in [0, 0.05) is 0 Å². The summed E-state index contributed by atoms with van der Waals surface area (Å²) >= 11 is 11.4. The fraction of sp³-hybridized carbons (Fsp3) is 0. The molecule has 0 aliphatic heterocycles. The summed E-state index contributed by atoms with van der Waals surface area (Å²) in [6.45, 7) is 0. The van der Waals surface area contributed by atoms with E-state index in [0.717, 1.165) is 0 Å². The predicted molar refractivity (Wildman–Crippen MR) is 50.7 cm³/mol. The van der Waals surface area contributed by atoms with Crippen LogP contribution in [0.15, 0.2) is 18.2 Å². The van der Waals surface area contributed by atoms with Crippen molar-refractivity contribution in [3.8, 4) is 6.07 Å². The summed E-state index contributed by atoms with van der Waals surface area (Å²) < 4.78 is 0. The molecular formula is C8H4Cl2N2O. The van der Waals surface area contributed by atoms with E-state index in [0.29, 0.717) is 10.7 Å². The molecule has 66 valence electrons. The molecule has 0 aromatic heterocycles. The smallest absolute Gasteiger partial charge is 0.312 e. The SMILES string of the molecule is N#CC(=O)Nc1cccc(Cl)c1Cl. The maximum atomic E-state index is 10.7. The molecule has 1 N–H and O–H groups in total. The molecule has 1 rings (SSSR count). The molecule has 1 aromatic rings. The van der Waals surface area contributed by atoms with Crippen molar-refractivity contribution in [3.05, 3.63) is 28.2 Å². The topological polar surface area (TPSA) is 52.9 Å². The van der Waals surface area contributed by atoms with E-state index in [4.69, 9.17) is 28.5 Å². The highest BCUT2D eigenvalue weighted by atomic mass is 35.5. The van der Waals surface area contributed by atoms with E-state index in [-0.39, 0.29) is 5.02 Å². The van der Waals surface area contributed by atoms with Gasteiger partial charge in [-0.25, -0.2) is 0 Å². The van der Waals surface area contributed by atoms with Crippen molar-refractivity contribution in [2.75, 3.05) is 5.32 Å². The number of rotatable bonds is 1. The summed E-state index contributed by atoms with van der Waals surface area (Å²) in [5, 5.41) is 11.1. The van der Waals surface area contributed by atoms with E-state index in [1.54, 1.807) is 18.2 Å². The molecule has 0 heterocycles. The predicted octanol–water partition coefficient (Wildman–Crippen LogP) is 2.46. The fourth-order valence-electron chi connectivity index (χ4n) is 0.751. The highest BCUT2D eigenvalue weighted by molar-refractivity contribution is 6.44. The van der Waals surface area contributed by atoms with Gasteiger partial charge in [-0.1, -0.05) is 29.3 Å². The van der Waals surface area contributed by atoms with Crippen LogP contribution in [-0.2, 0) is 4.79 Å². The largest absolute Gasteiger partial charge is 0.326 e. The number of carbonyl (C=O) groups is 1. The lowest BCUT2D eigenvalue weighted by Gasteiger charge is -2.03. The van der Waals surface area contributed by atoms with Gasteiger partial charge in [0.2, 0.25) is 0 Å². The second-order valence-corrected chi connectivity index (χ2v) is 2.95. The van der Waals surface area contributed by atoms with Crippen LogP contribution in [0.3, 0.4) is 0 Å². The summed E-state index contributed by atoms with van der Waals surface area (Å²) in [5.41, 5.74) is 0.334. The summed E-state index contributed by atoms with van der Waals surface area (Å²) in [4.78, 5) is 10.7. The first kappa shape index (κ1) is 9.85. The van der Waals surface area contributed by atoms with Crippen LogP contribution in [0.25, 0.3) is 0 Å². The number of hydrogen-bond donors (Lipinski definition) is 1. The third kappa shape index (κ3) is 2.35. The first-order chi connectivity index (χ1) is 6.15. The average molecular weight is 215 g/mol. The zero-order valence-electron chi connectivity index (χ0n) is 6.34. The molecule has 5 heteroatoms. The number of anilines is 1. The Bertz CT molecular complexity index is 384. The number of hydrogen-bond acceptors (Lipinski definition) is 2. The normalized spacial score (nSPS) is 9.00. The van der Waals surface area contributed by atoms with Crippen molar-refractivity contribution in [1.82, 2.24) is 0 Å². The molecular weight excluding hydrogens is 211 g/mol. The number of amides is 1. The molecule has 0 saturated heterocycles. The van der Waals surface area contributed by atoms with E-state index >= 15 is 0 Å². The number of halogens is 2. The lowest BCUT2D eigenvalue weighted by atomic mass is 10.3. The first-order valence-corrected chi connectivity index (χ1v) is 4.06. The molecule has 1 aromatic carbocycles. The standard InChI is InChI=1S/C8H4Cl2N2O/c9-5-2-1-3-6(8(5)10)12-7(13)4-11/h1-3H,(H,12,13). The van der Waals surface area contributed by atoms with Crippen LogP contribution in [0, 0.1) is 11.3 Å². The van der Waals surface area contributed by atoms with Gasteiger partial charge in [0.25, 0.3) is 0 Å². The third-order valence-electron chi connectivity index (χ3n) is 1.30. The minimum atomic E-state index is -0.774. The number of nitrogens with one attached hydrogen (secondary N) is 1. The summed E-state index contributed by atoms with van der Waals surface area (Å²) in [6, 6.07) is 6.18. The Kier molecular flexibility index (Phi) is 3.13. The van der Waals surface area contributed by atoms with E-state index in [9.17, 15) is 4.79 Å². The Morgan fingerprint density at radius 2 is 2.15 bits per heavy atom. The first-order valence-electron chi connectivity index (χ1n) is 3.30. The van der Waals surface area contributed by atoms with Crippen LogP contribution in [0.4, 0.5) is 5.69 Å². The van der Waals surface area contributed by atoms with Crippen LogP contribution in [0.5, 0.6) is 0 Å². The van der Waals surface area contributed by atoms with Crippen LogP contribution >= 0.6 is 23.2 Å². The highest BCUT2D eigenvalue weighted by Crippen LogP contribution is 2.29. The molecule has 0 radical (unpaired) electrons. The van der Waals surface area contributed by atoms with E-state index in [2.05, 4.69) is 5.32 Å². The van der Waals surface area contributed by atoms with Crippen molar-refractivity contribution in [3.63, 3.8) is 0 Å². The Morgan fingerprint density at radius 1 is 1.46 bits per heavy atom. The Balaban J connectivity index is 2.97. The van der Waals surface area contributed by atoms with Crippen molar-refractivity contribution >= 4 is 34.8 Å². The van der Waals surface area contributed by atoms with Gasteiger partial charge in [-0.2, -0.15) is 5.26 Å². The number of nitrogens with zero attached hydrogens (tertiary/aromatic N) is 1. The number of benzene rings is 1. The highest BCUT2D eigenvalue weighted by Gasteiger charge is 2.06. The van der Waals surface area contributed by atoms with Crippen molar-refractivity contribution in [2.24, 2.45) is 0 Å². The molecule has 0 atom stereocenters. The second-order valence-electron chi connectivity index (χ2n) is 2.17. The number of nitriles is 1. The van der Waals surface area contributed by atoms with Gasteiger partial charge in [0.05, 0.1) is 15.7 Å².